The third-order valence-electron chi connectivity index (χ3n) is 4.43. The number of rotatable bonds is 8. The van der Waals surface area contributed by atoms with E-state index in [1.807, 2.05) is 42.5 Å². The van der Waals surface area contributed by atoms with Gasteiger partial charge in [-0.15, -0.1) is 0 Å². The van der Waals surface area contributed by atoms with E-state index < -0.39 is 0 Å². The molecule has 0 aliphatic rings. The van der Waals surface area contributed by atoms with E-state index in [0.29, 0.717) is 25.3 Å². The summed E-state index contributed by atoms with van der Waals surface area (Å²) in [6.45, 7) is 0.848. The Labute approximate surface area is 208 Å². The molecular formula is C23H23I2N3O3. The summed E-state index contributed by atoms with van der Waals surface area (Å²) in [5.74, 6) is 1.62. The van der Waals surface area contributed by atoms with Crippen LogP contribution in [0.25, 0.3) is 0 Å². The minimum Gasteiger partial charge on any atom is -0.508 e. The number of phenols is 1. The Morgan fingerprint density at radius 1 is 0.968 bits per heavy atom. The molecule has 3 aromatic carbocycles. The highest BCUT2D eigenvalue weighted by Gasteiger charge is 2.13. The van der Waals surface area contributed by atoms with Crippen LogP contribution in [0.3, 0.4) is 0 Å². The van der Waals surface area contributed by atoms with E-state index in [4.69, 9.17) is 10.5 Å². The van der Waals surface area contributed by atoms with Crippen molar-refractivity contribution in [3.8, 4) is 17.2 Å². The molecule has 0 unspecified atom stereocenters. The van der Waals surface area contributed by atoms with E-state index in [1.54, 1.807) is 24.3 Å². The molecule has 0 heterocycles. The fraction of sp³-hybridized carbons (Fsp3) is 0.174. The number of hydrogen-bond donors (Lipinski definition) is 4. The highest BCUT2D eigenvalue weighted by molar-refractivity contribution is 14.1. The number of benzene rings is 3. The molecule has 0 bridgehead atoms. The first-order chi connectivity index (χ1) is 14.9. The van der Waals surface area contributed by atoms with E-state index in [0.717, 1.165) is 24.0 Å². The number of urea groups is 1. The van der Waals surface area contributed by atoms with Gasteiger partial charge in [-0.3, -0.25) is 0 Å². The summed E-state index contributed by atoms with van der Waals surface area (Å²) < 4.78 is 7.91. The molecule has 0 aliphatic heterocycles. The molecule has 1 atom stereocenters. The Kier molecular flexibility index (Phi) is 8.79. The molecule has 3 rings (SSSR count). The number of nitrogens with two attached hydrogens (primary N) is 1. The molecule has 5 N–H and O–H groups in total. The number of carbonyl (C=O) groups is 1. The zero-order valence-corrected chi connectivity index (χ0v) is 21.0. The van der Waals surface area contributed by atoms with Crippen LogP contribution in [-0.2, 0) is 13.0 Å². The third-order valence-corrected chi connectivity index (χ3v) is 6.04. The van der Waals surface area contributed by atoms with Crippen molar-refractivity contribution in [3.63, 3.8) is 0 Å². The maximum Gasteiger partial charge on any atom is 0.315 e. The fourth-order valence-corrected chi connectivity index (χ4v) is 5.02. The number of amides is 2. The monoisotopic (exact) mass is 643 g/mol. The van der Waals surface area contributed by atoms with E-state index in [-0.39, 0.29) is 17.8 Å². The van der Waals surface area contributed by atoms with Gasteiger partial charge in [0, 0.05) is 19.1 Å². The lowest BCUT2D eigenvalue weighted by molar-refractivity contribution is 0.239. The van der Waals surface area contributed by atoms with Gasteiger partial charge in [0.2, 0.25) is 0 Å². The lowest BCUT2D eigenvalue weighted by Gasteiger charge is -2.16. The first kappa shape index (κ1) is 23.6. The Bertz CT molecular complexity index is 991. The van der Waals surface area contributed by atoms with Crippen LogP contribution in [0.1, 0.15) is 11.1 Å². The zero-order valence-electron chi connectivity index (χ0n) is 16.6. The quantitative estimate of drug-likeness (QED) is 0.267. The molecule has 0 radical (unpaired) electrons. The van der Waals surface area contributed by atoms with Crippen molar-refractivity contribution >= 4 is 51.2 Å². The van der Waals surface area contributed by atoms with Gasteiger partial charge >= 0.3 is 6.03 Å². The van der Waals surface area contributed by atoms with Gasteiger partial charge in [0.1, 0.15) is 11.5 Å². The molecule has 162 valence electrons. The first-order valence-corrected chi connectivity index (χ1v) is 11.8. The second-order valence-electron chi connectivity index (χ2n) is 7.00. The van der Waals surface area contributed by atoms with Gasteiger partial charge < -0.3 is 26.2 Å². The highest BCUT2D eigenvalue weighted by atomic mass is 127. The SMILES string of the molecule is N[C@H](CNC(=O)NCc1ccccc1)Cc1cc(I)c(Oc2ccc(O)cc2)c(I)c1. The van der Waals surface area contributed by atoms with Crippen LogP contribution >= 0.6 is 45.2 Å². The number of hydrogen-bond acceptors (Lipinski definition) is 4. The summed E-state index contributed by atoms with van der Waals surface area (Å²) in [6, 6.07) is 20.0. The minimum absolute atomic E-state index is 0.198. The number of halogens is 2. The van der Waals surface area contributed by atoms with Crippen LogP contribution in [0, 0.1) is 7.14 Å². The molecule has 6 nitrogen and oxygen atoms in total. The molecular weight excluding hydrogens is 620 g/mol. The van der Waals surface area contributed by atoms with Crippen molar-refractivity contribution in [1.82, 2.24) is 10.6 Å². The summed E-state index contributed by atoms with van der Waals surface area (Å²) in [6.07, 6.45) is 0.629. The number of nitrogens with one attached hydrogen (secondary N) is 2. The molecule has 2 amide bonds. The predicted molar refractivity (Wildman–Crippen MR) is 138 cm³/mol. The smallest absolute Gasteiger partial charge is 0.315 e. The van der Waals surface area contributed by atoms with Crippen molar-refractivity contribution in [1.29, 1.82) is 0 Å². The van der Waals surface area contributed by atoms with Crippen molar-refractivity contribution < 1.29 is 14.6 Å². The van der Waals surface area contributed by atoms with Gasteiger partial charge in [-0.1, -0.05) is 30.3 Å². The van der Waals surface area contributed by atoms with Gasteiger partial charge in [0.25, 0.3) is 0 Å². The van der Waals surface area contributed by atoms with E-state index >= 15 is 0 Å². The van der Waals surface area contributed by atoms with Crippen LogP contribution in [0.15, 0.2) is 66.7 Å². The Morgan fingerprint density at radius 2 is 1.61 bits per heavy atom. The second-order valence-corrected chi connectivity index (χ2v) is 9.32. The molecule has 31 heavy (non-hydrogen) atoms. The average molecular weight is 643 g/mol. The predicted octanol–water partition coefficient (Wildman–Crippen LogP) is 4.76. The number of aromatic hydroxyl groups is 1. The molecule has 0 saturated carbocycles. The van der Waals surface area contributed by atoms with Gasteiger partial charge in [-0.25, -0.2) is 4.79 Å². The fourth-order valence-electron chi connectivity index (χ4n) is 2.90. The van der Waals surface area contributed by atoms with Crippen molar-refractivity contribution in [2.45, 2.75) is 19.0 Å². The van der Waals surface area contributed by atoms with Crippen LogP contribution < -0.4 is 21.1 Å². The summed E-state index contributed by atoms with van der Waals surface area (Å²) in [7, 11) is 0. The van der Waals surface area contributed by atoms with Gasteiger partial charge in [-0.2, -0.15) is 0 Å². The van der Waals surface area contributed by atoms with Crippen LogP contribution in [0.4, 0.5) is 4.79 Å². The van der Waals surface area contributed by atoms with Crippen LogP contribution in [0.2, 0.25) is 0 Å². The summed E-state index contributed by atoms with van der Waals surface area (Å²) >= 11 is 4.48. The molecule has 0 aromatic heterocycles. The van der Waals surface area contributed by atoms with Crippen molar-refractivity contribution in [3.05, 3.63) is 85.0 Å². The zero-order chi connectivity index (χ0) is 22.2. The number of ether oxygens (including phenoxy) is 1. The summed E-state index contributed by atoms with van der Waals surface area (Å²) in [5.41, 5.74) is 8.35. The Balaban J connectivity index is 1.50. The molecule has 0 fully saturated rings. The standard InChI is InChI=1S/C23H23I2N3O3/c24-20-11-16(12-21(25)22(20)31-19-8-6-18(29)7-9-19)10-17(26)14-28-23(30)27-13-15-4-2-1-3-5-15/h1-9,11-12,17,29H,10,13-14,26H2,(H2,27,28,30)/t17-/m0/s1. The average Bonchev–Trinajstić information content (AvgIpc) is 2.75. The van der Waals surface area contributed by atoms with Gasteiger partial charge in [0.05, 0.1) is 7.14 Å². The largest absolute Gasteiger partial charge is 0.508 e. The highest BCUT2D eigenvalue weighted by Crippen LogP contribution is 2.33. The van der Waals surface area contributed by atoms with Crippen LogP contribution in [-0.4, -0.2) is 23.7 Å². The molecule has 0 aliphatic carbocycles. The van der Waals surface area contributed by atoms with Crippen molar-refractivity contribution in [2.24, 2.45) is 5.73 Å². The normalized spacial score (nSPS) is 11.6. The summed E-state index contributed by atoms with van der Waals surface area (Å²) in [5, 5.41) is 15.1. The molecule has 3 aromatic rings. The topological polar surface area (TPSA) is 96.6 Å². The van der Waals surface area contributed by atoms with Gasteiger partial charge in [-0.05, 0) is 99.1 Å². The minimum atomic E-state index is -0.235. The summed E-state index contributed by atoms with van der Waals surface area (Å²) in [4.78, 5) is 12.0. The lowest BCUT2D eigenvalue weighted by Crippen LogP contribution is -2.43. The Morgan fingerprint density at radius 3 is 2.26 bits per heavy atom. The molecule has 8 heteroatoms. The van der Waals surface area contributed by atoms with E-state index in [9.17, 15) is 9.90 Å². The van der Waals surface area contributed by atoms with E-state index in [2.05, 4.69) is 55.8 Å². The molecule has 0 saturated heterocycles. The lowest BCUT2D eigenvalue weighted by atomic mass is 10.1. The van der Waals surface area contributed by atoms with Crippen molar-refractivity contribution in [2.75, 3.05) is 6.54 Å². The molecule has 0 spiro atoms. The first-order valence-electron chi connectivity index (χ1n) is 9.66. The number of phenolic OH excluding ortho intramolecular Hbond substituents is 1. The maximum atomic E-state index is 12.0. The second kappa shape index (κ2) is 11.5. The van der Waals surface area contributed by atoms with Crippen LogP contribution in [0.5, 0.6) is 17.2 Å². The third kappa shape index (κ3) is 7.54. The Hall–Kier alpha value is -2.05. The maximum absolute atomic E-state index is 12.0. The van der Waals surface area contributed by atoms with Gasteiger partial charge in [0.15, 0.2) is 5.75 Å². The van der Waals surface area contributed by atoms with E-state index in [1.165, 1.54) is 0 Å². The number of carbonyl (C=O) groups excluding carboxylic acids is 1.